The molecule has 2 nitrogen and oxygen atoms in total. The largest absolute Gasteiger partial charge is 0.380 e. The number of nitrogens with one attached hydrogen (secondary N) is 1. The van der Waals surface area contributed by atoms with Crippen molar-refractivity contribution in [2.24, 2.45) is 0 Å². The molecule has 3 heteroatoms. The molecule has 0 spiro atoms. The van der Waals surface area contributed by atoms with Crippen LogP contribution in [-0.4, -0.2) is 24.7 Å². The summed E-state index contributed by atoms with van der Waals surface area (Å²) in [4.78, 5) is 0. The minimum atomic E-state index is 0.695. The maximum atomic E-state index is 5.21. The zero-order chi connectivity index (χ0) is 11.2. The Balaban J connectivity index is 1.91. The first-order valence-corrected chi connectivity index (χ1v) is 6.92. The summed E-state index contributed by atoms with van der Waals surface area (Å²) in [5.74, 6) is 2.56. The highest BCUT2D eigenvalue weighted by Crippen LogP contribution is 2.18. The monoisotopic (exact) mass is 237 g/mol. The number of ether oxygens (including phenoxy) is 1. The van der Waals surface area contributed by atoms with Gasteiger partial charge in [0.2, 0.25) is 0 Å². The quantitative estimate of drug-likeness (QED) is 0.850. The van der Waals surface area contributed by atoms with Gasteiger partial charge in [0.1, 0.15) is 0 Å². The van der Waals surface area contributed by atoms with Crippen LogP contribution in [0.2, 0.25) is 0 Å². The van der Waals surface area contributed by atoms with Crippen LogP contribution in [0, 0.1) is 0 Å². The summed E-state index contributed by atoms with van der Waals surface area (Å²) >= 11 is 2.04. The SMILES string of the molecule is COCc1ccccc1CNC1CCSC1. The van der Waals surface area contributed by atoms with Crippen LogP contribution in [0.15, 0.2) is 24.3 Å². The molecule has 0 radical (unpaired) electrons. The summed E-state index contributed by atoms with van der Waals surface area (Å²) in [5.41, 5.74) is 2.66. The van der Waals surface area contributed by atoms with Crippen LogP contribution in [0.3, 0.4) is 0 Å². The van der Waals surface area contributed by atoms with Gasteiger partial charge in [0.05, 0.1) is 6.61 Å². The third-order valence-electron chi connectivity index (χ3n) is 2.93. The highest BCUT2D eigenvalue weighted by Gasteiger charge is 2.14. The first-order valence-electron chi connectivity index (χ1n) is 5.77. The minimum Gasteiger partial charge on any atom is -0.380 e. The molecule has 88 valence electrons. The van der Waals surface area contributed by atoms with Gasteiger partial charge < -0.3 is 10.1 Å². The van der Waals surface area contributed by atoms with Crippen molar-refractivity contribution in [1.29, 1.82) is 0 Å². The van der Waals surface area contributed by atoms with Crippen molar-refractivity contribution < 1.29 is 4.74 Å². The van der Waals surface area contributed by atoms with Crippen molar-refractivity contribution in [2.45, 2.75) is 25.6 Å². The number of rotatable bonds is 5. The van der Waals surface area contributed by atoms with Gasteiger partial charge in [-0.2, -0.15) is 11.8 Å². The van der Waals surface area contributed by atoms with Gasteiger partial charge in [-0.05, 0) is 23.3 Å². The summed E-state index contributed by atoms with van der Waals surface area (Å²) in [6.45, 7) is 1.67. The van der Waals surface area contributed by atoms with Gasteiger partial charge in [-0.3, -0.25) is 0 Å². The van der Waals surface area contributed by atoms with Crippen molar-refractivity contribution in [3.8, 4) is 0 Å². The minimum absolute atomic E-state index is 0.695. The van der Waals surface area contributed by atoms with Crippen molar-refractivity contribution in [2.75, 3.05) is 18.6 Å². The fraction of sp³-hybridized carbons (Fsp3) is 0.538. The van der Waals surface area contributed by atoms with Gasteiger partial charge in [-0.1, -0.05) is 24.3 Å². The van der Waals surface area contributed by atoms with E-state index >= 15 is 0 Å². The number of hydrogen-bond acceptors (Lipinski definition) is 3. The first kappa shape index (κ1) is 12.0. The smallest absolute Gasteiger partial charge is 0.0716 e. The lowest BCUT2D eigenvalue weighted by Crippen LogP contribution is -2.28. The molecule has 0 aromatic heterocycles. The third-order valence-corrected chi connectivity index (χ3v) is 4.09. The van der Waals surface area contributed by atoms with Crippen LogP contribution in [0.1, 0.15) is 17.5 Å². The lowest BCUT2D eigenvalue weighted by Gasteiger charge is -2.13. The number of methoxy groups -OCH3 is 1. The van der Waals surface area contributed by atoms with Gasteiger partial charge in [0.25, 0.3) is 0 Å². The number of thioether (sulfide) groups is 1. The molecule has 1 aliphatic heterocycles. The molecule has 1 aromatic rings. The zero-order valence-electron chi connectivity index (χ0n) is 9.74. The average Bonchev–Trinajstić information content (AvgIpc) is 2.81. The predicted molar refractivity (Wildman–Crippen MR) is 69.7 cm³/mol. The number of hydrogen-bond donors (Lipinski definition) is 1. The second-order valence-electron chi connectivity index (χ2n) is 4.14. The summed E-state index contributed by atoms with van der Waals surface area (Å²) < 4.78 is 5.21. The van der Waals surface area contributed by atoms with Crippen LogP contribution in [0.25, 0.3) is 0 Å². The van der Waals surface area contributed by atoms with Crippen LogP contribution in [-0.2, 0) is 17.9 Å². The van der Waals surface area contributed by atoms with Crippen molar-refractivity contribution in [3.63, 3.8) is 0 Å². The van der Waals surface area contributed by atoms with E-state index in [0.717, 1.165) is 6.54 Å². The Morgan fingerprint density at radius 3 is 2.88 bits per heavy atom. The summed E-state index contributed by atoms with van der Waals surface area (Å²) in [6.07, 6.45) is 1.30. The summed E-state index contributed by atoms with van der Waals surface area (Å²) in [7, 11) is 1.75. The predicted octanol–water partition coefficient (Wildman–Crippen LogP) is 2.43. The first-order chi connectivity index (χ1) is 7.90. The van der Waals surface area contributed by atoms with E-state index in [0.29, 0.717) is 12.6 Å². The van der Waals surface area contributed by atoms with E-state index in [-0.39, 0.29) is 0 Å². The van der Waals surface area contributed by atoms with Crippen molar-refractivity contribution >= 4 is 11.8 Å². The summed E-state index contributed by atoms with van der Waals surface area (Å²) in [6, 6.07) is 9.19. The standard InChI is InChI=1S/C13H19NOS/c1-15-9-12-5-3-2-4-11(12)8-14-13-6-7-16-10-13/h2-5,13-14H,6-10H2,1H3. The van der Waals surface area contributed by atoms with E-state index in [2.05, 4.69) is 29.6 Å². The fourth-order valence-corrected chi connectivity index (χ4v) is 3.16. The second kappa shape index (κ2) is 6.28. The molecule has 0 bridgehead atoms. The van der Waals surface area contributed by atoms with Crippen LogP contribution >= 0.6 is 11.8 Å². The molecule has 1 heterocycles. The molecule has 1 atom stereocenters. The van der Waals surface area contributed by atoms with Crippen LogP contribution < -0.4 is 5.32 Å². The van der Waals surface area contributed by atoms with Gasteiger partial charge >= 0.3 is 0 Å². The lowest BCUT2D eigenvalue weighted by molar-refractivity contribution is 0.184. The summed E-state index contributed by atoms with van der Waals surface area (Å²) in [5, 5.41) is 3.62. The molecule has 0 amide bonds. The van der Waals surface area contributed by atoms with E-state index in [4.69, 9.17) is 4.74 Å². The normalized spacial score (nSPS) is 20.2. The van der Waals surface area contributed by atoms with Gasteiger partial charge in [-0.15, -0.1) is 0 Å². The fourth-order valence-electron chi connectivity index (χ4n) is 1.98. The third kappa shape index (κ3) is 3.24. The molecule has 1 unspecified atom stereocenters. The van der Waals surface area contributed by atoms with Crippen molar-refractivity contribution in [3.05, 3.63) is 35.4 Å². The Bertz CT molecular complexity index is 323. The maximum Gasteiger partial charge on any atom is 0.0716 e. The Kier molecular flexibility index (Phi) is 4.69. The number of benzene rings is 1. The molecule has 2 rings (SSSR count). The van der Waals surface area contributed by atoms with E-state index in [1.165, 1.54) is 29.1 Å². The Hall–Kier alpha value is -0.510. The lowest BCUT2D eigenvalue weighted by atomic mass is 10.1. The van der Waals surface area contributed by atoms with Crippen LogP contribution in [0.5, 0.6) is 0 Å². The molecule has 1 saturated heterocycles. The van der Waals surface area contributed by atoms with E-state index in [1.54, 1.807) is 7.11 Å². The van der Waals surface area contributed by atoms with Gasteiger partial charge in [-0.25, -0.2) is 0 Å². The molecule has 0 aliphatic carbocycles. The molecule has 16 heavy (non-hydrogen) atoms. The van der Waals surface area contributed by atoms with Crippen molar-refractivity contribution in [1.82, 2.24) is 5.32 Å². The average molecular weight is 237 g/mol. The van der Waals surface area contributed by atoms with Crippen LogP contribution in [0.4, 0.5) is 0 Å². The molecule has 1 N–H and O–H groups in total. The van der Waals surface area contributed by atoms with Gasteiger partial charge in [0, 0.05) is 25.4 Å². The second-order valence-corrected chi connectivity index (χ2v) is 5.29. The van der Waals surface area contributed by atoms with E-state index < -0.39 is 0 Å². The topological polar surface area (TPSA) is 21.3 Å². The zero-order valence-corrected chi connectivity index (χ0v) is 10.6. The van der Waals surface area contributed by atoms with E-state index in [9.17, 15) is 0 Å². The molecule has 1 aromatic carbocycles. The molecule has 1 fully saturated rings. The molecule has 1 aliphatic rings. The Labute approximate surface area is 102 Å². The molecular formula is C13H19NOS. The van der Waals surface area contributed by atoms with E-state index in [1.807, 2.05) is 11.8 Å². The Morgan fingerprint density at radius 2 is 2.19 bits per heavy atom. The molecule has 0 saturated carbocycles. The highest BCUT2D eigenvalue weighted by molar-refractivity contribution is 7.99. The Morgan fingerprint density at radius 1 is 1.38 bits per heavy atom. The molecular weight excluding hydrogens is 218 g/mol. The van der Waals surface area contributed by atoms with Gasteiger partial charge in [0.15, 0.2) is 0 Å². The highest BCUT2D eigenvalue weighted by atomic mass is 32.2. The maximum absolute atomic E-state index is 5.21.